The lowest BCUT2D eigenvalue weighted by Crippen LogP contribution is -1.81. The van der Waals surface area contributed by atoms with Crippen molar-refractivity contribution in [2.45, 2.75) is 26.7 Å². The zero-order chi connectivity index (χ0) is 7.82. The minimum absolute atomic E-state index is 1.01. The molecule has 0 bridgehead atoms. The minimum atomic E-state index is 1.01. The van der Waals surface area contributed by atoms with Crippen LogP contribution < -0.4 is 0 Å². The van der Waals surface area contributed by atoms with E-state index in [4.69, 9.17) is 5.41 Å². The highest BCUT2D eigenvalue weighted by atomic mass is 14.3. The Balaban J connectivity index is 3.90. The molecule has 0 heterocycles. The van der Waals surface area contributed by atoms with Gasteiger partial charge in [0, 0.05) is 6.21 Å². The maximum Gasteiger partial charge on any atom is 0.0209 e. The van der Waals surface area contributed by atoms with Gasteiger partial charge in [0.15, 0.2) is 0 Å². The van der Waals surface area contributed by atoms with Crippen molar-refractivity contribution in [1.82, 2.24) is 0 Å². The van der Waals surface area contributed by atoms with Gasteiger partial charge < -0.3 is 5.41 Å². The van der Waals surface area contributed by atoms with Gasteiger partial charge in [-0.1, -0.05) is 31.6 Å². The summed E-state index contributed by atoms with van der Waals surface area (Å²) < 4.78 is 0. The predicted molar refractivity (Wildman–Crippen MR) is 46.6 cm³/mol. The summed E-state index contributed by atoms with van der Waals surface area (Å²) in [6, 6.07) is 0. The van der Waals surface area contributed by atoms with Gasteiger partial charge in [-0.15, -0.1) is 0 Å². The highest BCUT2D eigenvalue weighted by Crippen LogP contribution is 2.00. The molecule has 0 atom stereocenters. The van der Waals surface area contributed by atoms with Gasteiger partial charge in [-0.2, -0.15) is 0 Å². The summed E-state index contributed by atoms with van der Waals surface area (Å²) >= 11 is 0. The van der Waals surface area contributed by atoms with E-state index in [-0.39, 0.29) is 0 Å². The molecule has 0 aliphatic heterocycles. The van der Waals surface area contributed by atoms with Crippen LogP contribution in [0.4, 0.5) is 0 Å². The largest absolute Gasteiger partial charge is 0.308 e. The maximum atomic E-state index is 7.01. The van der Waals surface area contributed by atoms with Crippen molar-refractivity contribution in [3.05, 3.63) is 23.8 Å². The fourth-order valence-corrected chi connectivity index (χ4v) is 0.712. The van der Waals surface area contributed by atoms with E-state index < -0.39 is 0 Å². The summed E-state index contributed by atoms with van der Waals surface area (Å²) in [6.07, 6.45) is 9.46. The first kappa shape index (κ1) is 9.15. The molecule has 0 aliphatic rings. The van der Waals surface area contributed by atoms with Gasteiger partial charge in [0.25, 0.3) is 0 Å². The number of nitrogens with one attached hydrogen (secondary N) is 1. The van der Waals surface area contributed by atoms with Crippen LogP contribution >= 0.6 is 0 Å². The second kappa shape index (κ2) is 6.27. The van der Waals surface area contributed by atoms with Crippen LogP contribution in [0.5, 0.6) is 0 Å². The van der Waals surface area contributed by atoms with Crippen LogP contribution in [0.2, 0.25) is 0 Å². The quantitative estimate of drug-likeness (QED) is 0.455. The number of rotatable bonds is 4. The van der Waals surface area contributed by atoms with Crippen LogP contribution in [-0.4, -0.2) is 6.21 Å². The zero-order valence-corrected chi connectivity index (χ0v) is 6.72. The number of hydrogen-bond donors (Lipinski definition) is 1. The van der Waals surface area contributed by atoms with Crippen molar-refractivity contribution < 1.29 is 0 Å². The summed E-state index contributed by atoms with van der Waals surface area (Å²) in [5, 5.41) is 7.01. The highest BCUT2D eigenvalue weighted by Gasteiger charge is 1.86. The molecule has 0 rings (SSSR count). The number of allylic oxidation sites excluding steroid dienone is 4. The molecule has 1 nitrogen and oxygen atoms in total. The van der Waals surface area contributed by atoms with E-state index in [9.17, 15) is 0 Å². The SMILES string of the molecule is C/C=C\C=C(/C=N)CCC. The van der Waals surface area contributed by atoms with Crippen LogP contribution in [-0.2, 0) is 0 Å². The lowest BCUT2D eigenvalue weighted by Gasteiger charge is -1.93. The fourth-order valence-electron chi connectivity index (χ4n) is 0.712. The molecule has 0 aromatic heterocycles. The molecular weight excluding hydrogens is 122 g/mol. The summed E-state index contributed by atoms with van der Waals surface area (Å²) in [7, 11) is 0. The molecule has 10 heavy (non-hydrogen) atoms. The Morgan fingerprint density at radius 2 is 2.20 bits per heavy atom. The molecule has 0 aliphatic carbocycles. The molecule has 0 saturated heterocycles. The normalized spacial score (nSPS) is 12.4. The zero-order valence-electron chi connectivity index (χ0n) is 6.72. The molecule has 0 spiro atoms. The van der Waals surface area contributed by atoms with Gasteiger partial charge in [-0.05, 0) is 18.9 Å². The van der Waals surface area contributed by atoms with E-state index in [2.05, 4.69) is 6.92 Å². The third-order valence-corrected chi connectivity index (χ3v) is 1.23. The molecule has 0 aromatic rings. The number of hydrogen-bond acceptors (Lipinski definition) is 1. The average molecular weight is 137 g/mol. The van der Waals surface area contributed by atoms with Crippen molar-refractivity contribution in [3.63, 3.8) is 0 Å². The molecule has 0 fully saturated rings. The topological polar surface area (TPSA) is 23.9 Å². The van der Waals surface area contributed by atoms with Crippen LogP contribution in [0.25, 0.3) is 0 Å². The lowest BCUT2D eigenvalue weighted by atomic mass is 10.1. The van der Waals surface area contributed by atoms with Gasteiger partial charge >= 0.3 is 0 Å². The van der Waals surface area contributed by atoms with E-state index in [0.717, 1.165) is 18.4 Å². The van der Waals surface area contributed by atoms with E-state index in [1.165, 1.54) is 6.21 Å². The Hall–Kier alpha value is -0.850. The molecule has 1 N–H and O–H groups in total. The predicted octanol–water partition coefficient (Wildman–Crippen LogP) is 2.94. The Labute approximate surface area is 63.0 Å². The van der Waals surface area contributed by atoms with E-state index >= 15 is 0 Å². The Morgan fingerprint density at radius 3 is 2.60 bits per heavy atom. The van der Waals surface area contributed by atoms with E-state index in [1.54, 1.807) is 0 Å². The van der Waals surface area contributed by atoms with E-state index in [0.29, 0.717) is 0 Å². The van der Waals surface area contributed by atoms with Gasteiger partial charge in [-0.25, -0.2) is 0 Å². The third kappa shape index (κ3) is 4.07. The van der Waals surface area contributed by atoms with Crippen LogP contribution in [0.15, 0.2) is 23.8 Å². The van der Waals surface area contributed by atoms with Crippen molar-refractivity contribution in [3.8, 4) is 0 Å². The summed E-state index contributed by atoms with van der Waals surface area (Å²) in [5.74, 6) is 0. The van der Waals surface area contributed by atoms with Gasteiger partial charge in [0.05, 0.1) is 0 Å². The van der Waals surface area contributed by atoms with Crippen molar-refractivity contribution in [2.75, 3.05) is 0 Å². The summed E-state index contributed by atoms with van der Waals surface area (Å²) in [6.45, 7) is 4.09. The van der Waals surface area contributed by atoms with E-state index in [1.807, 2.05) is 25.2 Å². The molecule has 0 amide bonds. The molecule has 0 aromatic carbocycles. The Bertz CT molecular complexity index is 143. The summed E-state index contributed by atoms with van der Waals surface area (Å²) in [4.78, 5) is 0. The Morgan fingerprint density at radius 1 is 1.50 bits per heavy atom. The van der Waals surface area contributed by atoms with Crippen LogP contribution in [0.3, 0.4) is 0 Å². The van der Waals surface area contributed by atoms with Crippen LogP contribution in [0.1, 0.15) is 26.7 Å². The average Bonchev–Trinajstić information content (AvgIpc) is 1.98. The second-order valence-electron chi connectivity index (χ2n) is 2.16. The van der Waals surface area contributed by atoms with Gasteiger partial charge in [-0.3, -0.25) is 0 Å². The van der Waals surface area contributed by atoms with Crippen molar-refractivity contribution in [2.24, 2.45) is 0 Å². The fraction of sp³-hybridized carbons (Fsp3) is 0.444. The van der Waals surface area contributed by atoms with Gasteiger partial charge in [0.2, 0.25) is 0 Å². The first-order valence-electron chi connectivity index (χ1n) is 3.67. The minimum Gasteiger partial charge on any atom is -0.308 e. The first-order valence-corrected chi connectivity index (χ1v) is 3.67. The van der Waals surface area contributed by atoms with Crippen molar-refractivity contribution in [1.29, 1.82) is 5.41 Å². The molecule has 0 unspecified atom stereocenters. The van der Waals surface area contributed by atoms with Crippen LogP contribution in [0, 0.1) is 5.41 Å². The second-order valence-corrected chi connectivity index (χ2v) is 2.16. The highest BCUT2D eigenvalue weighted by molar-refractivity contribution is 5.76. The summed E-state index contributed by atoms with van der Waals surface area (Å²) in [5.41, 5.74) is 1.10. The molecule has 0 radical (unpaired) electrons. The lowest BCUT2D eigenvalue weighted by molar-refractivity contribution is 0.938. The first-order chi connectivity index (χ1) is 4.85. The third-order valence-electron chi connectivity index (χ3n) is 1.23. The molecule has 56 valence electrons. The molecule has 0 saturated carbocycles. The van der Waals surface area contributed by atoms with Crippen molar-refractivity contribution >= 4 is 6.21 Å². The maximum absolute atomic E-state index is 7.01. The molecule has 1 heteroatoms. The molecular formula is C9H15N. The monoisotopic (exact) mass is 137 g/mol. The smallest absolute Gasteiger partial charge is 0.0209 e. The standard InChI is InChI=1S/C9H15N/c1-3-5-7-9(8-10)6-4-2/h3,5,7-8,10H,4,6H2,1-2H3/b5-3-,9-7-,10-8?. The van der Waals surface area contributed by atoms with Gasteiger partial charge in [0.1, 0.15) is 0 Å². The Kier molecular flexibility index (Phi) is 5.74.